The highest BCUT2D eigenvalue weighted by atomic mass is 16.6. The van der Waals surface area contributed by atoms with Crippen molar-refractivity contribution in [1.29, 1.82) is 0 Å². The predicted octanol–water partition coefficient (Wildman–Crippen LogP) is 1.17. The Labute approximate surface area is 136 Å². The number of hydrogen-bond acceptors (Lipinski definition) is 5. The summed E-state index contributed by atoms with van der Waals surface area (Å²) in [5.41, 5.74) is 4.19. The SMILES string of the molecule is c1cc(CC2CO2)c(CC2CO2)c(N(CC2CO2)CC2CO2)c1. The van der Waals surface area contributed by atoms with Gasteiger partial charge >= 0.3 is 0 Å². The Morgan fingerprint density at radius 1 is 0.783 bits per heavy atom. The van der Waals surface area contributed by atoms with Gasteiger partial charge in [-0.2, -0.15) is 0 Å². The molecule has 1 aromatic rings. The van der Waals surface area contributed by atoms with Gasteiger partial charge in [-0.25, -0.2) is 0 Å². The molecule has 5 heteroatoms. The Bertz CT molecular complexity index is 562. The van der Waals surface area contributed by atoms with Crippen LogP contribution in [-0.4, -0.2) is 63.9 Å². The van der Waals surface area contributed by atoms with Gasteiger partial charge in [0.25, 0.3) is 0 Å². The normalized spacial score (nSPS) is 33.4. The number of ether oxygens (including phenoxy) is 4. The molecule has 4 aliphatic rings. The maximum Gasteiger partial charge on any atom is 0.0984 e. The van der Waals surface area contributed by atoms with E-state index in [1.165, 1.54) is 16.8 Å². The number of anilines is 1. The van der Waals surface area contributed by atoms with Gasteiger partial charge < -0.3 is 23.8 Å². The molecule has 0 aliphatic carbocycles. The van der Waals surface area contributed by atoms with Crippen molar-refractivity contribution in [2.75, 3.05) is 44.4 Å². The van der Waals surface area contributed by atoms with E-state index in [4.69, 9.17) is 18.9 Å². The first kappa shape index (κ1) is 14.2. The van der Waals surface area contributed by atoms with Gasteiger partial charge in [0.05, 0.1) is 50.8 Å². The molecule has 4 atom stereocenters. The Balaban J connectivity index is 1.44. The fourth-order valence-corrected chi connectivity index (χ4v) is 3.30. The van der Waals surface area contributed by atoms with Gasteiger partial charge in [-0.15, -0.1) is 0 Å². The molecule has 0 N–H and O–H groups in total. The van der Waals surface area contributed by atoms with E-state index in [0.717, 1.165) is 52.4 Å². The molecule has 0 bridgehead atoms. The second-order valence-electron chi connectivity index (χ2n) is 7.05. The van der Waals surface area contributed by atoms with Gasteiger partial charge in [0.2, 0.25) is 0 Å². The number of benzene rings is 1. The van der Waals surface area contributed by atoms with E-state index in [0.29, 0.717) is 24.4 Å². The number of epoxide rings is 4. The molecule has 4 unspecified atom stereocenters. The van der Waals surface area contributed by atoms with Crippen molar-refractivity contribution >= 4 is 5.69 Å². The topological polar surface area (TPSA) is 53.4 Å². The average Bonchev–Trinajstić information content (AvgIpc) is 3.36. The molecule has 0 saturated carbocycles. The van der Waals surface area contributed by atoms with Crippen LogP contribution < -0.4 is 4.90 Å². The lowest BCUT2D eigenvalue weighted by molar-refractivity contribution is 0.388. The highest BCUT2D eigenvalue weighted by molar-refractivity contribution is 5.58. The van der Waals surface area contributed by atoms with E-state index in [1.807, 2.05) is 0 Å². The van der Waals surface area contributed by atoms with Gasteiger partial charge in [0, 0.05) is 31.6 Å². The van der Waals surface area contributed by atoms with E-state index < -0.39 is 0 Å². The van der Waals surface area contributed by atoms with Crippen LogP contribution in [0.3, 0.4) is 0 Å². The molecule has 4 aliphatic heterocycles. The van der Waals surface area contributed by atoms with Gasteiger partial charge in [-0.1, -0.05) is 12.1 Å². The second-order valence-corrected chi connectivity index (χ2v) is 7.05. The third-order valence-electron chi connectivity index (χ3n) is 4.93. The van der Waals surface area contributed by atoms with Crippen molar-refractivity contribution in [3.05, 3.63) is 29.3 Å². The lowest BCUT2D eigenvalue weighted by Crippen LogP contribution is -2.33. The molecular formula is C18H23NO4. The first-order valence-electron chi connectivity index (χ1n) is 8.67. The van der Waals surface area contributed by atoms with Crippen LogP contribution in [0.1, 0.15) is 11.1 Å². The molecule has 5 rings (SSSR count). The molecule has 4 saturated heterocycles. The van der Waals surface area contributed by atoms with Gasteiger partial charge in [-0.05, 0) is 17.2 Å². The van der Waals surface area contributed by atoms with Gasteiger partial charge in [0.1, 0.15) is 0 Å². The van der Waals surface area contributed by atoms with Crippen molar-refractivity contribution in [3.8, 4) is 0 Å². The molecule has 0 aromatic heterocycles. The van der Waals surface area contributed by atoms with E-state index in [1.54, 1.807) is 0 Å². The third kappa shape index (κ3) is 3.69. The molecule has 0 radical (unpaired) electrons. The maximum atomic E-state index is 5.51. The van der Waals surface area contributed by atoms with Crippen LogP contribution in [-0.2, 0) is 31.8 Å². The fourth-order valence-electron chi connectivity index (χ4n) is 3.30. The molecule has 124 valence electrons. The Morgan fingerprint density at radius 2 is 1.35 bits per heavy atom. The third-order valence-corrected chi connectivity index (χ3v) is 4.93. The Kier molecular flexibility index (Phi) is 3.55. The van der Waals surface area contributed by atoms with E-state index in [-0.39, 0.29) is 0 Å². The highest BCUT2D eigenvalue weighted by Gasteiger charge is 2.34. The number of hydrogen-bond donors (Lipinski definition) is 0. The second kappa shape index (κ2) is 5.74. The summed E-state index contributed by atoms with van der Waals surface area (Å²) in [6, 6.07) is 6.68. The van der Waals surface area contributed by atoms with Crippen LogP contribution in [0.15, 0.2) is 18.2 Å². The van der Waals surface area contributed by atoms with Gasteiger partial charge in [0.15, 0.2) is 0 Å². The van der Waals surface area contributed by atoms with Crippen LogP contribution in [0.25, 0.3) is 0 Å². The first-order chi connectivity index (χ1) is 11.3. The zero-order valence-corrected chi connectivity index (χ0v) is 13.3. The summed E-state index contributed by atoms with van der Waals surface area (Å²) in [7, 11) is 0. The largest absolute Gasteiger partial charge is 0.373 e. The van der Waals surface area contributed by atoms with E-state index >= 15 is 0 Å². The Hall–Kier alpha value is -1.14. The Morgan fingerprint density at radius 3 is 1.91 bits per heavy atom. The van der Waals surface area contributed by atoms with Crippen LogP contribution >= 0.6 is 0 Å². The molecular weight excluding hydrogens is 294 g/mol. The van der Waals surface area contributed by atoms with Crippen LogP contribution in [0.5, 0.6) is 0 Å². The zero-order chi connectivity index (χ0) is 15.2. The quantitative estimate of drug-likeness (QED) is 0.640. The summed E-state index contributed by atoms with van der Waals surface area (Å²) >= 11 is 0. The van der Waals surface area contributed by atoms with Crippen molar-refractivity contribution in [2.45, 2.75) is 37.3 Å². The lowest BCUT2D eigenvalue weighted by Gasteiger charge is -2.27. The molecule has 0 spiro atoms. The molecule has 23 heavy (non-hydrogen) atoms. The fraction of sp³-hybridized carbons (Fsp3) is 0.667. The van der Waals surface area contributed by atoms with Crippen LogP contribution in [0.4, 0.5) is 5.69 Å². The first-order valence-corrected chi connectivity index (χ1v) is 8.67. The lowest BCUT2D eigenvalue weighted by atomic mass is 9.96. The maximum absolute atomic E-state index is 5.51. The van der Waals surface area contributed by atoms with Crippen molar-refractivity contribution in [1.82, 2.24) is 0 Å². The summed E-state index contributed by atoms with van der Waals surface area (Å²) in [5, 5.41) is 0. The number of rotatable bonds is 9. The van der Waals surface area contributed by atoms with Crippen molar-refractivity contribution < 1.29 is 18.9 Å². The molecule has 1 aromatic carbocycles. The van der Waals surface area contributed by atoms with Crippen LogP contribution in [0, 0.1) is 0 Å². The minimum atomic E-state index is 0.384. The summed E-state index contributed by atoms with van der Waals surface area (Å²) in [4.78, 5) is 2.46. The van der Waals surface area contributed by atoms with Crippen LogP contribution in [0.2, 0.25) is 0 Å². The minimum absolute atomic E-state index is 0.384. The summed E-state index contributed by atoms with van der Waals surface area (Å²) in [6.45, 7) is 5.49. The molecule has 4 heterocycles. The summed E-state index contributed by atoms with van der Waals surface area (Å²) < 4.78 is 21.9. The summed E-state index contributed by atoms with van der Waals surface area (Å²) in [6.07, 6.45) is 3.60. The minimum Gasteiger partial charge on any atom is -0.373 e. The smallest absolute Gasteiger partial charge is 0.0984 e. The monoisotopic (exact) mass is 317 g/mol. The van der Waals surface area contributed by atoms with Crippen molar-refractivity contribution in [2.24, 2.45) is 0 Å². The predicted molar refractivity (Wildman–Crippen MR) is 85.0 cm³/mol. The molecule has 5 nitrogen and oxygen atoms in total. The summed E-state index contributed by atoms with van der Waals surface area (Å²) in [5.74, 6) is 0. The standard InChI is InChI=1S/C18H23NO4/c1-2-12(4-13-8-20-13)17(5-14-9-21-14)18(3-1)19(6-15-10-22-15)7-16-11-23-16/h1-3,13-16H,4-11H2. The average molecular weight is 317 g/mol. The van der Waals surface area contributed by atoms with E-state index in [9.17, 15) is 0 Å². The van der Waals surface area contributed by atoms with E-state index in [2.05, 4.69) is 23.1 Å². The molecule has 0 amide bonds. The zero-order valence-electron chi connectivity index (χ0n) is 13.3. The highest BCUT2D eigenvalue weighted by Crippen LogP contribution is 2.33. The molecule has 4 fully saturated rings. The van der Waals surface area contributed by atoms with Gasteiger partial charge in [-0.3, -0.25) is 0 Å². The number of nitrogens with zero attached hydrogens (tertiary/aromatic N) is 1. The van der Waals surface area contributed by atoms with Crippen molar-refractivity contribution in [3.63, 3.8) is 0 Å².